The first kappa shape index (κ1) is 22.8. The molecule has 2 rings (SSSR count). The molecular weight excluding hydrogens is 388 g/mol. The summed E-state index contributed by atoms with van der Waals surface area (Å²) < 4.78 is 10.7. The number of carbonyl (C=O) groups excluding carboxylic acids is 3. The third-order valence-electron chi connectivity index (χ3n) is 4.69. The molecule has 1 heterocycles. The van der Waals surface area contributed by atoms with Crippen LogP contribution in [-0.2, 0) is 23.9 Å². The number of nitrogens with one attached hydrogen (secondary N) is 1. The molecule has 1 N–H and O–H groups in total. The van der Waals surface area contributed by atoms with Crippen LogP contribution in [0.3, 0.4) is 0 Å². The topological polar surface area (TPSA) is 84.9 Å². The minimum Gasteiger partial charge on any atom is -0.465 e. The highest BCUT2D eigenvalue weighted by atomic mass is 28.3. The van der Waals surface area contributed by atoms with Crippen molar-refractivity contribution in [1.82, 2.24) is 10.2 Å². The molecule has 0 radical (unpaired) electrons. The molecule has 0 aromatic heterocycles. The minimum absolute atomic E-state index is 0.0182. The van der Waals surface area contributed by atoms with E-state index in [9.17, 15) is 14.4 Å². The Hall–Kier alpha value is -2.53. The van der Waals surface area contributed by atoms with Crippen LogP contribution in [-0.4, -0.2) is 49.6 Å². The van der Waals surface area contributed by atoms with E-state index in [1.54, 1.807) is 6.20 Å². The van der Waals surface area contributed by atoms with Crippen LogP contribution in [0.4, 0.5) is 0 Å². The number of ether oxygens (including phenoxy) is 2. The second-order valence-electron chi connectivity index (χ2n) is 8.41. The van der Waals surface area contributed by atoms with E-state index in [1.807, 2.05) is 17.9 Å². The number of hydrogen-bond donors (Lipinski definition) is 1. The molecule has 1 fully saturated rings. The molecule has 0 bridgehead atoms. The summed E-state index contributed by atoms with van der Waals surface area (Å²) in [5.41, 5.74) is 3.65. The van der Waals surface area contributed by atoms with E-state index in [0.29, 0.717) is 24.2 Å². The van der Waals surface area contributed by atoms with Gasteiger partial charge in [0.15, 0.2) is 0 Å². The van der Waals surface area contributed by atoms with Gasteiger partial charge in [0.1, 0.15) is 25.6 Å². The molecule has 3 atom stereocenters. The molecular formula is C21H30N2O5Si. The molecule has 1 aliphatic carbocycles. The maximum atomic E-state index is 12.4. The second-order valence-corrected chi connectivity index (χ2v) is 13.2. The zero-order chi connectivity index (χ0) is 21.8. The van der Waals surface area contributed by atoms with E-state index in [0.717, 1.165) is 0 Å². The van der Waals surface area contributed by atoms with Crippen LogP contribution in [0, 0.1) is 17.4 Å². The molecule has 1 saturated carbocycles. The Morgan fingerprint density at radius 3 is 2.52 bits per heavy atom. The van der Waals surface area contributed by atoms with E-state index in [2.05, 4.69) is 36.4 Å². The van der Waals surface area contributed by atoms with Gasteiger partial charge >= 0.3 is 11.9 Å². The highest BCUT2D eigenvalue weighted by Crippen LogP contribution is 2.35. The first-order chi connectivity index (χ1) is 13.5. The van der Waals surface area contributed by atoms with Gasteiger partial charge in [-0.2, -0.15) is 0 Å². The van der Waals surface area contributed by atoms with Crippen molar-refractivity contribution in [2.75, 3.05) is 6.61 Å². The maximum Gasteiger partial charge on any atom is 0.302 e. The Morgan fingerprint density at radius 2 is 1.97 bits per heavy atom. The lowest BCUT2D eigenvalue weighted by atomic mass is 10.1. The van der Waals surface area contributed by atoms with Gasteiger partial charge in [0.25, 0.3) is 5.91 Å². The number of carbonyl (C=O) groups is 3. The number of amides is 1. The number of allylic oxidation sites excluding steroid dienone is 1. The number of hydrogen-bond acceptors (Lipinski definition) is 6. The first-order valence-corrected chi connectivity index (χ1v) is 13.3. The Bertz CT molecular complexity index is 800. The molecule has 8 heteroatoms. The third-order valence-corrected chi connectivity index (χ3v) is 5.57. The average Bonchev–Trinajstić information content (AvgIpc) is 2.99. The molecule has 0 spiro atoms. The molecule has 0 aromatic rings. The lowest BCUT2D eigenvalue weighted by Gasteiger charge is -2.33. The second kappa shape index (κ2) is 9.31. The monoisotopic (exact) mass is 418 g/mol. The summed E-state index contributed by atoms with van der Waals surface area (Å²) in [6, 6.07) is -0.0182. The Morgan fingerprint density at radius 1 is 1.28 bits per heavy atom. The molecule has 7 nitrogen and oxygen atoms in total. The van der Waals surface area contributed by atoms with Crippen LogP contribution >= 0.6 is 0 Å². The fraction of sp³-hybridized carbons (Fsp3) is 0.571. The summed E-state index contributed by atoms with van der Waals surface area (Å²) in [6.45, 7) is 11.1. The van der Waals surface area contributed by atoms with E-state index in [1.165, 1.54) is 13.8 Å². The fourth-order valence-electron chi connectivity index (χ4n) is 3.43. The average molecular weight is 419 g/mol. The predicted molar refractivity (Wildman–Crippen MR) is 112 cm³/mol. The van der Waals surface area contributed by atoms with Crippen molar-refractivity contribution in [2.45, 2.75) is 65.4 Å². The summed E-state index contributed by atoms with van der Waals surface area (Å²) in [6.07, 6.45) is 4.49. The molecule has 29 heavy (non-hydrogen) atoms. The van der Waals surface area contributed by atoms with Gasteiger partial charge in [-0.05, 0) is 19.4 Å². The highest BCUT2D eigenvalue weighted by Gasteiger charge is 2.41. The molecule has 3 unspecified atom stereocenters. The summed E-state index contributed by atoms with van der Waals surface area (Å²) in [7, 11) is -1.63. The number of rotatable bonds is 4. The number of esters is 2. The fourth-order valence-corrected chi connectivity index (χ4v) is 3.93. The molecule has 158 valence electrons. The van der Waals surface area contributed by atoms with Crippen molar-refractivity contribution in [2.24, 2.45) is 5.92 Å². The van der Waals surface area contributed by atoms with Gasteiger partial charge in [0, 0.05) is 38.4 Å². The SMILES string of the molecule is CC=C1NC(=O)C(C#C[Si](C)(C)C)=CN1C1CC(COC(C)=O)C(OC(C)=O)C1. The van der Waals surface area contributed by atoms with Crippen LogP contribution in [0.5, 0.6) is 0 Å². The summed E-state index contributed by atoms with van der Waals surface area (Å²) >= 11 is 0. The number of nitrogens with zero attached hydrogens (tertiary/aromatic N) is 1. The van der Waals surface area contributed by atoms with Crippen molar-refractivity contribution in [1.29, 1.82) is 0 Å². The van der Waals surface area contributed by atoms with Gasteiger partial charge in [-0.3, -0.25) is 14.4 Å². The molecule has 0 saturated heterocycles. The Labute approximate surface area is 173 Å². The highest BCUT2D eigenvalue weighted by molar-refractivity contribution is 6.83. The third kappa shape index (κ3) is 6.50. The zero-order valence-corrected chi connectivity index (χ0v) is 19.0. The van der Waals surface area contributed by atoms with E-state index < -0.39 is 8.07 Å². The molecule has 1 aliphatic heterocycles. The van der Waals surface area contributed by atoms with Gasteiger partial charge in [-0.1, -0.05) is 25.6 Å². The van der Waals surface area contributed by atoms with Gasteiger partial charge in [-0.15, -0.1) is 5.54 Å². The smallest absolute Gasteiger partial charge is 0.302 e. The van der Waals surface area contributed by atoms with Crippen molar-refractivity contribution < 1.29 is 23.9 Å². The lowest BCUT2D eigenvalue weighted by molar-refractivity contribution is -0.151. The van der Waals surface area contributed by atoms with E-state index in [4.69, 9.17) is 9.47 Å². The van der Waals surface area contributed by atoms with E-state index in [-0.39, 0.29) is 42.5 Å². The van der Waals surface area contributed by atoms with E-state index >= 15 is 0 Å². The maximum absolute atomic E-state index is 12.4. The van der Waals surface area contributed by atoms with Crippen molar-refractivity contribution in [3.63, 3.8) is 0 Å². The summed E-state index contributed by atoms with van der Waals surface area (Å²) in [4.78, 5) is 37.2. The zero-order valence-electron chi connectivity index (χ0n) is 18.0. The van der Waals surface area contributed by atoms with Gasteiger partial charge in [0.2, 0.25) is 0 Å². The van der Waals surface area contributed by atoms with Gasteiger partial charge in [0.05, 0.1) is 6.61 Å². The molecule has 1 amide bonds. The summed E-state index contributed by atoms with van der Waals surface area (Å²) in [5, 5.41) is 2.90. The van der Waals surface area contributed by atoms with Gasteiger partial charge in [-0.25, -0.2) is 0 Å². The van der Waals surface area contributed by atoms with Crippen LogP contribution < -0.4 is 5.32 Å². The summed E-state index contributed by atoms with van der Waals surface area (Å²) in [5.74, 6) is 2.67. The van der Waals surface area contributed by atoms with Crippen molar-refractivity contribution in [3.8, 4) is 11.5 Å². The quantitative estimate of drug-likeness (QED) is 0.428. The van der Waals surface area contributed by atoms with Crippen LogP contribution in [0.15, 0.2) is 23.7 Å². The van der Waals surface area contributed by atoms with Crippen LogP contribution in [0.1, 0.15) is 33.6 Å². The standard InChI is InChI=1S/C21H30N2O5Si/c1-7-20-22-21(26)16(8-9-29(4,5)6)12-23(20)18-10-17(13-27-14(2)24)19(11-18)28-15(3)25/h7,12,17-19H,10-11,13H2,1-6H3,(H,22,26). The lowest BCUT2D eigenvalue weighted by Crippen LogP contribution is -2.42. The van der Waals surface area contributed by atoms with Crippen LogP contribution in [0.25, 0.3) is 0 Å². The van der Waals surface area contributed by atoms with Crippen LogP contribution in [0.2, 0.25) is 19.6 Å². The largest absolute Gasteiger partial charge is 0.465 e. The predicted octanol–water partition coefficient (Wildman–Crippen LogP) is 2.32. The Balaban J connectivity index is 2.29. The van der Waals surface area contributed by atoms with Crippen molar-refractivity contribution in [3.05, 3.63) is 23.7 Å². The molecule has 0 aromatic carbocycles. The minimum atomic E-state index is -1.63. The van der Waals surface area contributed by atoms with Gasteiger partial charge < -0.3 is 19.7 Å². The molecule has 2 aliphatic rings. The Kier molecular flexibility index (Phi) is 7.30. The first-order valence-electron chi connectivity index (χ1n) is 9.81. The van der Waals surface area contributed by atoms with Crippen molar-refractivity contribution >= 4 is 25.9 Å². The normalized spacial score (nSPS) is 25.7.